The molecule has 1 heterocycles. The van der Waals surface area contributed by atoms with Gasteiger partial charge in [-0.05, 0) is 42.7 Å². The number of amides is 1. The maximum atomic E-state index is 12.7. The van der Waals surface area contributed by atoms with Crippen molar-refractivity contribution in [3.05, 3.63) is 70.3 Å². The van der Waals surface area contributed by atoms with E-state index in [4.69, 9.17) is 0 Å². The minimum absolute atomic E-state index is 0. The SMILES string of the molecule is Cc1ccc(C(C)N(C)C(=O)c2ccc3c(c2)CNC3)cc1.Cl. The summed E-state index contributed by atoms with van der Waals surface area (Å²) in [5, 5.41) is 3.31. The number of fused-ring (bicyclic) bond motifs is 1. The normalized spacial score (nSPS) is 13.9. The highest BCUT2D eigenvalue weighted by molar-refractivity contribution is 5.94. The number of aryl methyl sites for hydroxylation is 1. The lowest BCUT2D eigenvalue weighted by molar-refractivity contribution is 0.0742. The molecule has 23 heavy (non-hydrogen) atoms. The molecule has 1 aliphatic rings. The van der Waals surface area contributed by atoms with Crippen LogP contribution in [0.15, 0.2) is 42.5 Å². The van der Waals surface area contributed by atoms with Gasteiger partial charge in [-0.15, -0.1) is 12.4 Å². The molecule has 1 atom stereocenters. The maximum Gasteiger partial charge on any atom is 0.254 e. The van der Waals surface area contributed by atoms with Gasteiger partial charge >= 0.3 is 0 Å². The fraction of sp³-hybridized carbons (Fsp3) is 0.316. The number of nitrogens with zero attached hydrogens (tertiary/aromatic N) is 1. The molecular formula is C19H23ClN2O. The van der Waals surface area contributed by atoms with E-state index in [0.717, 1.165) is 24.2 Å². The number of halogens is 1. The molecule has 0 aromatic heterocycles. The number of hydrogen-bond acceptors (Lipinski definition) is 2. The molecule has 0 saturated carbocycles. The molecule has 1 aliphatic heterocycles. The summed E-state index contributed by atoms with van der Waals surface area (Å²) in [5.74, 6) is 0.0720. The van der Waals surface area contributed by atoms with Crippen LogP contribution in [0.2, 0.25) is 0 Å². The summed E-state index contributed by atoms with van der Waals surface area (Å²) in [4.78, 5) is 14.5. The van der Waals surface area contributed by atoms with Crippen molar-refractivity contribution >= 4 is 18.3 Å². The van der Waals surface area contributed by atoms with E-state index in [2.05, 4.69) is 49.5 Å². The molecule has 0 saturated heterocycles. The molecule has 1 amide bonds. The summed E-state index contributed by atoms with van der Waals surface area (Å²) in [6, 6.07) is 14.4. The quantitative estimate of drug-likeness (QED) is 0.927. The molecule has 0 spiro atoms. The Morgan fingerprint density at radius 3 is 2.43 bits per heavy atom. The number of rotatable bonds is 3. The monoisotopic (exact) mass is 330 g/mol. The third-order valence-electron chi connectivity index (χ3n) is 4.55. The summed E-state index contributed by atoms with van der Waals surface area (Å²) >= 11 is 0. The zero-order chi connectivity index (χ0) is 15.7. The third kappa shape index (κ3) is 3.57. The molecule has 2 aromatic rings. The molecule has 0 fully saturated rings. The first-order valence-corrected chi connectivity index (χ1v) is 7.72. The van der Waals surface area contributed by atoms with Gasteiger partial charge in [0.25, 0.3) is 5.91 Å². The first kappa shape index (κ1) is 17.5. The second kappa shape index (κ2) is 7.16. The molecule has 122 valence electrons. The average Bonchev–Trinajstić information content (AvgIpc) is 3.01. The van der Waals surface area contributed by atoms with E-state index in [9.17, 15) is 4.79 Å². The first-order valence-electron chi connectivity index (χ1n) is 7.72. The van der Waals surface area contributed by atoms with Gasteiger partial charge in [0.05, 0.1) is 6.04 Å². The van der Waals surface area contributed by atoms with Crippen LogP contribution in [0.3, 0.4) is 0 Å². The molecule has 0 bridgehead atoms. The Bertz CT molecular complexity index is 697. The maximum absolute atomic E-state index is 12.7. The van der Waals surface area contributed by atoms with E-state index in [1.807, 2.05) is 24.1 Å². The summed E-state index contributed by atoms with van der Waals surface area (Å²) in [6.07, 6.45) is 0. The molecule has 1 unspecified atom stereocenters. The van der Waals surface area contributed by atoms with Crippen LogP contribution in [0.4, 0.5) is 0 Å². The van der Waals surface area contributed by atoms with Crippen molar-refractivity contribution in [2.24, 2.45) is 0 Å². The van der Waals surface area contributed by atoms with Crippen LogP contribution in [0.25, 0.3) is 0 Å². The lowest BCUT2D eigenvalue weighted by Gasteiger charge is -2.26. The molecule has 3 rings (SSSR count). The van der Waals surface area contributed by atoms with E-state index < -0.39 is 0 Å². The Hall–Kier alpha value is -1.84. The minimum Gasteiger partial charge on any atom is -0.335 e. The van der Waals surface area contributed by atoms with E-state index in [0.29, 0.717) is 0 Å². The van der Waals surface area contributed by atoms with Crippen LogP contribution in [0, 0.1) is 6.92 Å². The molecule has 0 aliphatic carbocycles. The van der Waals surface area contributed by atoms with Crippen LogP contribution in [-0.4, -0.2) is 17.9 Å². The van der Waals surface area contributed by atoms with E-state index in [1.165, 1.54) is 16.7 Å². The number of nitrogens with one attached hydrogen (secondary N) is 1. The average molecular weight is 331 g/mol. The topological polar surface area (TPSA) is 32.3 Å². The number of hydrogen-bond donors (Lipinski definition) is 1. The van der Waals surface area contributed by atoms with Gasteiger partial charge in [0, 0.05) is 25.7 Å². The van der Waals surface area contributed by atoms with Crippen LogP contribution < -0.4 is 5.32 Å². The van der Waals surface area contributed by atoms with Crippen LogP contribution in [0.1, 0.15) is 45.6 Å². The van der Waals surface area contributed by atoms with Crippen molar-refractivity contribution in [1.82, 2.24) is 10.2 Å². The fourth-order valence-corrected chi connectivity index (χ4v) is 2.88. The van der Waals surface area contributed by atoms with E-state index >= 15 is 0 Å². The lowest BCUT2D eigenvalue weighted by atomic mass is 10.0. The standard InChI is InChI=1S/C19H22N2O.ClH/c1-13-4-6-15(7-5-13)14(2)21(3)19(22)16-8-9-17-11-20-12-18(17)10-16;/h4-10,14,20H,11-12H2,1-3H3;1H. The molecule has 3 nitrogen and oxygen atoms in total. The van der Waals surface area contributed by atoms with Gasteiger partial charge in [-0.3, -0.25) is 4.79 Å². The second-order valence-electron chi connectivity index (χ2n) is 6.09. The second-order valence-corrected chi connectivity index (χ2v) is 6.09. The summed E-state index contributed by atoms with van der Waals surface area (Å²) in [7, 11) is 1.87. The van der Waals surface area contributed by atoms with Gasteiger partial charge in [0.1, 0.15) is 0 Å². The van der Waals surface area contributed by atoms with Gasteiger partial charge in [0.15, 0.2) is 0 Å². The smallest absolute Gasteiger partial charge is 0.254 e. The van der Waals surface area contributed by atoms with Gasteiger partial charge in [-0.25, -0.2) is 0 Å². The highest BCUT2D eigenvalue weighted by Gasteiger charge is 2.20. The largest absolute Gasteiger partial charge is 0.335 e. The molecule has 2 aromatic carbocycles. The van der Waals surface area contributed by atoms with Crippen molar-refractivity contribution in [2.75, 3.05) is 7.05 Å². The number of carbonyl (C=O) groups is 1. The van der Waals surface area contributed by atoms with Gasteiger partial charge in [-0.2, -0.15) is 0 Å². The molecule has 1 N–H and O–H groups in total. The van der Waals surface area contributed by atoms with Crippen molar-refractivity contribution in [3.8, 4) is 0 Å². The molecule has 0 radical (unpaired) electrons. The van der Waals surface area contributed by atoms with Crippen LogP contribution in [-0.2, 0) is 13.1 Å². The highest BCUT2D eigenvalue weighted by Crippen LogP contribution is 2.23. The van der Waals surface area contributed by atoms with Gasteiger partial charge < -0.3 is 10.2 Å². The molecular weight excluding hydrogens is 308 g/mol. The third-order valence-corrected chi connectivity index (χ3v) is 4.55. The summed E-state index contributed by atoms with van der Waals surface area (Å²) in [5.41, 5.74) is 5.69. The van der Waals surface area contributed by atoms with Gasteiger partial charge in [-0.1, -0.05) is 35.9 Å². The zero-order valence-electron chi connectivity index (χ0n) is 13.8. The lowest BCUT2D eigenvalue weighted by Crippen LogP contribution is -2.29. The van der Waals surface area contributed by atoms with E-state index in [1.54, 1.807) is 0 Å². The zero-order valence-corrected chi connectivity index (χ0v) is 14.6. The highest BCUT2D eigenvalue weighted by atomic mass is 35.5. The van der Waals surface area contributed by atoms with Crippen molar-refractivity contribution in [3.63, 3.8) is 0 Å². The Balaban J connectivity index is 0.00000192. The van der Waals surface area contributed by atoms with Crippen molar-refractivity contribution in [1.29, 1.82) is 0 Å². The predicted molar refractivity (Wildman–Crippen MR) is 95.9 cm³/mol. The van der Waals surface area contributed by atoms with Crippen LogP contribution >= 0.6 is 12.4 Å². The predicted octanol–water partition coefficient (Wildman–Crippen LogP) is 3.85. The Labute approximate surface area is 144 Å². The van der Waals surface area contributed by atoms with Gasteiger partial charge in [0.2, 0.25) is 0 Å². The Morgan fingerprint density at radius 1 is 1.09 bits per heavy atom. The van der Waals surface area contributed by atoms with Crippen molar-refractivity contribution in [2.45, 2.75) is 33.0 Å². The van der Waals surface area contributed by atoms with Crippen LogP contribution in [0.5, 0.6) is 0 Å². The minimum atomic E-state index is 0. The molecule has 4 heteroatoms. The van der Waals surface area contributed by atoms with E-state index in [-0.39, 0.29) is 24.4 Å². The summed E-state index contributed by atoms with van der Waals surface area (Å²) in [6.45, 7) is 5.90. The Morgan fingerprint density at radius 2 is 1.74 bits per heavy atom. The fourth-order valence-electron chi connectivity index (χ4n) is 2.88. The Kier molecular flexibility index (Phi) is 5.45. The summed E-state index contributed by atoms with van der Waals surface area (Å²) < 4.78 is 0. The number of carbonyl (C=O) groups excluding carboxylic acids is 1. The van der Waals surface area contributed by atoms with Crippen molar-refractivity contribution < 1.29 is 4.79 Å². The first-order chi connectivity index (χ1) is 10.6. The number of benzene rings is 2.